The summed E-state index contributed by atoms with van der Waals surface area (Å²) in [7, 11) is -4.04. The van der Waals surface area contributed by atoms with Crippen molar-refractivity contribution in [3.8, 4) is 0 Å². The Morgan fingerprint density at radius 2 is 1.73 bits per heavy atom. The molecule has 4 fully saturated rings. The van der Waals surface area contributed by atoms with Gasteiger partial charge in [-0.3, -0.25) is 9.35 Å². The van der Waals surface area contributed by atoms with Crippen LogP contribution in [0.15, 0.2) is 0 Å². The van der Waals surface area contributed by atoms with Crippen LogP contribution < -0.4 is 5.32 Å². The maximum atomic E-state index is 12.2. The first-order chi connectivity index (χ1) is 15.4. The van der Waals surface area contributed by atoms with Crippen LogP contribution in [0.2, 0.25) is 0 Å². The summed E-state index contributed by atoms with van der Waals surface area (Å²) in [5, 5.41) is 12.9. The fourth-order valence-electron chi connectivity index (χ4n) is 9.18. The average molecular weight is 484 g/mol. The first-order valence-electron chi connectivity index (χ1n) is 13.3. The number of hydrogen-bond acceptors (Lipinski definition) is 4. The number of aliphatic hydroxyl groups is 1. The molecule has 3 N–H and O–H groups in total. The van der Waals surface area contributed by atoms with Crippen LogP contribution in [0.5, 0.6) is 0 Å². The number of carbonyl (C=O) groups excluding carboxylic acids is 1. The molecule has 0 aromatic rings. The third-order valence-corrected chi connectivity index (χ3v) is 11.6. The average Bonchev–Trinajstić information content (AvgIpc) is 3.09. The molecule has 3 unspecified atom stereocenters. The molecular formula is C26H45NO5S. The van der Waals surface area contributed by atoms with Crippen LogP contribution in [0.4, 0.5) is 0 Å². The van der Waals surface area contributed by atoms with Crippen LogP contribution >= 0.6 is 0 Å². The van der Waals surface area contributed by atoms with Crippen molar-refractivity contribution in [2.24, 2.45) is 46.3 Å². The summed E-state index contributed by atoms with van der Waals surface area (Å²) in [5.41, 5.74) is 0.771. The summed E-state index contributed by atoms with van der Waals surface area (Å²) in [6.45, 7) is 7.34. The highest BCUT2D eigenvalue weighted by Crippen LogP contribution is 2.68. The highest BCUT2D eigenvalue weighted by atomic mass is 32.2. The van der Waals surface area contributed by atoms with E-state index in [9.17, 15) is 18.3 Å². The Kier molecular flexibility index (Phi) is 7.26. The fourth-order valence-corrected chi connectivity index (χ4v) is 9.54. The van der Waals surface area contributed by atoms with Gasteiger partial charge in [0.2, 0.25) is 5.91 Å². The normalized spacial score (nSPS) is 43.8. The summed E-state index contributed by atoms with van der Waals surface area (Å²) >= 11 is 0. The van der Waals surface area contributed by atoms with E-state index < -0.39 is 15.9 Å². The van der Waals surface area contributed by atoms with E-state index in [0.29, 0.717) is 35.0 Å². The predicted molar refractivity (Wildman–Crippen MR) is 129 cm³/mol. The molecule has 33 heavy (non-hydrogen) atoms. The van der Waals surface area contributed by atoms with Crippen molar-refractivity contribution in [2.45, 2.75) is 97.5 Å². The van der Waals surface area contributed by atoms with Crippen molar-refractivity contribution in [1.82, 2.24) is 5.32 Å². The zero-order valence-electron chi connectivity index (χ0n) is 20.8. The molecule has 4 aliphatic rings. The maximum Gasteiger partial charge on any atom is 0.266 e. The lowest BCUT2D eigenvalue weighted by molar-refractivity contribution is -0.129. The van der Waals surface area contributed by atoms with Gasteiger partial charge in [-0.05, 0) is 111 Å². The van der Waals surface area contributed by atoms with Crippen LogP contribution in [0, 0.1) is 46.3 Å². The van der Waals surface area contributed by atoms with Crippen molar-refractivity contribution in [1.29, 1.82) is 0 Å². The molecule has 6 nitrogen and oxygen atoms in total. The maximum absolute atomic E-state index is 12.2. The summed E-state index contributed by atoms with van der Waals surface area (Å²) < 4.78 is 30.5. The number of amides is 1. The number of carbonyl (C=O) groups is 1. The summed E-state index contributed by atoms with van der Waals surface area (Å²) in [6, 6.07) is 0. The van der Waals surface area contributed by atoms with Gasteiger partial charge in [-0.15, -0.1) is 0 Å². The molecule has 0 bridgehead atoms. The molecule has 0 radical (unpaired) electrons. The third kappa shape index (κ3) is 5.02. The Bertz CT molecular complexity index is 831. The molecule has 4 rings (SSSR count). The van der Waals surface area contributed by atoms with Crippen molar-refractivity contribution < 1.29 is 22.9 Å². The van der Waals surface area contributed by atoms with Gasteiger partial charge in [0.25, 0.3) is 10.1 Å². The van der Waals surface area contributed by atoms with Crippen molar-refractivity contribution in [3.05, 3.63) is 0 Å². The first-order valence-corrected chi connectivity index (χ1v) is 14.9. The SMILES string of the molecule is C[C@H](CCC(=O)NCCS(=O)(=O)O)[C@H]1CCC2C3CC[C@@H]4C[C@H](O)CC[C@]4(C)C3CC[C@@]21C. The second-order valence-electron chi connectivity index (χ2n) is 12.5. The zero-order valence-corrected chi connectivity index (χ0v) is 21.6. The van der Waals surface area contributed by atoms with E-state index in [4.69, 9.17) is 4.55 Å². The Morgan fingerprint density at radius 3 is 2.45 bits per heavy atom. The smallest absolute Gasteiger partial charge is 0.266 e. The molecule has 0 aromatic carbocycles. The third-order valence-electron chi connectivity index (χ3n) is 10.9. The van der Waals surface area contributed by atoms with Crippen LogP contribution in [-0.2, 0) is 14.9 Å². The van der Waals surface area contributed by atoms with E-state index in [1.807, 2.05) is 0 Å². The lowest BCUT2D eigenvalue weighted by Gasteiger charge is -2.61. The minimum atomic E-state index is -4.04. The number of rotatable bonds is 7. The van der Waals surface area contributed by atoms with E-state index in [0.717, 1.165) is 37.0 Å². The topological polar surface area (TPSA) is 104 Å². The van der Waals surface area contributed by atoms with Crippen LogP contribution in [-0.4, -0.2) is 42.4 Å². The van der Waals surface area contributed by atoms with E-state index in [2.05, 4.69) is 26.1 Å². The van der Waals surface area contributed by atoms with Crippen LogP contribution in [0.1, 0.15) is 91.4 Å². The molecule has 0 aromatic heterocycles. The Morgan fingerprint density at radius 1 is 1.03 bits per heavy atom. The van der Waals surface area contributed by atoms with E-state index >= 15 is 0 Å². The molecule has 0 aliphatic heterocycles. The molecule has 4 saturated carbocycles. The van der Waals surface area contributed by atoms with E-state index in [-0.39, 0.29) is 18.6 Å². The van der Waals surface area contributed by atoms with Gasteiger partial charge in [0, 0.05) is 13.0 Å². The van der Waals surface area contributed by atoms with Crippen LogP contribution in [0.3, 0.4) is 0 Å². The van der Waals surface area contributed by atoms with E-state index in [1.165, 1.54) is 44.9 Å². The van der Waals surface area contributed by atoms with Crippen LogP contribution in [0.25, 0.3) is 0 Å². The molecular weight excluding hydrogens is 438 g/mol. The standard InChI is InChI=1S/C26H45NO5S/c1-17(4-9-24(29)27-14-15-33(30,31)32)21-7-8-22-20-6-5-18-16-19(28)10-12-25(18,2)23(20)11-13-26(21,22)3/h17-23,28H,4-16H2,1-3H3,(H,27,29)(H,30,31,32)/t17-,18-,19-,20?,21-,22?,23?,25+,26-/m1/s1. The second kappa shape index (κ2) is 9.42. The Labute approximate surface area is 200 Å². The minimum Gasteiger partial charge on any atom is -0.393 e. The van der Waals surface area contributed by atoms with Gasteiger partial charge in [0.15, 0.2) is 0 Å². The van der Waals surface area contributed by atoms with Crippen molar-refractivity contribution in [2.75, 3.05) is 12.3 Å². The Balaban J connectivity index is 1.35. The zero-order chi connectivity index (χ0) is 24.0. The fraction of sp³-hybridized carbons (Fsp3) is 0.962. The Hall–Kier alpha value is -0.660. The monoisotopic (exact) mass is 483 g/mol. The predicted octanol–water partition coefficient (Wildman–Crippen LogP) is 4.43. The number of hydrogen-bond donors (Lipinski definition) is 3. The van der Waals surface area contributed by atoms with Crippen molar-refractivity contribution in [3.63, 3.8) is 0 Å². The van der Waals surface area contributed by atoms with Gasteiger partial charge in [0.1, 0.15) is 0 Å². The van der Waals surface area contributed by atoms with Gasteiger partial charge >= 0.3 is 0 Å². The van der Waals surface area contributed by atoms with Gasteiger partial charge < -0.3 is 10.4 Å². The molecule has 0 heterocycles. The lowest BCUT2D eigenvalue weighted by atomic mass is 9.44. The molecule has 4 aliphatic carbocycles. The molecule has 0 saturated heterocycles. The van der Waals surface area contributed by atoms with Gasteiger partial charge in [-0.1, -0.05) is 20.8 Å². The quantitative estimate of drug-likeness (QED) is 0.465. The van der Waals surface area contributed by atoms with Gasteiger partial charge in [0.05, 0.1) is 11.9 Å². The second-order valence-corrected chi connectivity index (χ2v) is 14.0. The van der Waals surface area contributed by atoms with Crippen molar-refractivity contribution >= 4 is 16.0 Å². The van der Waals surface area contributed by atoms with Gasteiger partial charge in [-0.25, -0.2) is 0 Å². The van der Waals surface area contributed by atoms with E-state index in [1.54, 1.807) is 0 Å². The minimum absolute atomic E-state index is 0.0326. The molecule has 7 heteroatoms. The molecule has 190 valence electrons. The molecule has 9 atom stereocenters. The number of aliphatic hydroxyl groups excluding tert-OH is 1. The molecule has 0 spiro atoms. The molecule has 1 amide bonds. The number of fused-ring (bicyclic) bond motifs is 5. The summed E-state index contributed by atoms with van der Waals surface area (Å²) in [4.78, 5) is 12.2. The first kappa shape index (κ1) is 25.4. The lowest BCUT2D eigenvalue weighted by Crippen LogP contribution is -2.54. The summed E-state index contributed by atoms with van der Waals surface area (Å²) in [6.07, 6.45) is 12.1. The highest BCUT2D eigenvalue weighted by molar-refractivity contribution is 7.85. The van der Waals surface area contributed by atoms with Gasteiger partial charge in [-0.2, -0.15) is 8.42 Å². The summed E-state index contributed by atoms with van der Waals surface area (Å²) in [5.74, 6) is 3.68. The highest BCUT2D eigenvalue weighted by Gasteiger charge is 2.60. The largest absolute Gasteiger partial charge is 0.393 e. The number of nitrogens with one attached hydrogen (secondary N) is 1.